The highest BCUT2D eigenvalue weighted by atomic mass is 19.1. The lowest BCUT2D eigenvalue weighted by Crippen LogP contribution is -2.43. The molecule has 1 atom stereocenters. The summed E-state index contributed by atoms with van der Waals surface area (Å²) in [5.74, 6) is 0.897. The van der Waals surface area contributed by atoms with Crippen LogP contribution in [0.1, 0.15) is 25.1 Å². The van der Waals surface area contributed by atoms with Crippen molar-refractivity contribution in [1.82, 2.24) is 14.5 Å². The molecule has 2 aliphatic heterocycles. The highest BCUT2D eigenvalue weighted by molar-refractivity contribution is 6.00. The van der Waals surface area contributed by atoms with Crippen LogP contribution in [-0.4, -0.2) is 45.9 Å². The van der Waals surface area contributed by atoms with Crippen LogP contribution >= 0.6 is 0 Å². The molecule has 2 aromatic rings. The summed E-state index contributed by atoms with van der Waals surface area (Å²) in [6.07, 6.45) is 5.97. The van der Waals surface area contributed by atoms with Crippen LogP contribution in [-0.2, 0) is 16.1 Å². The maximum absolute atomic E-state index is 13.1. The highest BCUT2D eigenvalue weighted by Gasteiger charge is 2.38. The number of hydrogen-bond acceptors (Lipinski definition) is 3. The van der Waals surface area contributed by atoms with Crippen molar-refractivity contribution in [2.24, 2.45) is 11.8 Å². The molecule has 0 saturated carbocycles. The number of benzene rings is 1. The Labute approximate surface area is 164 Å². The lowest BCUT2D eigenvalue weighted by Gasteiger charge is -2.33. The lowest BCUT2D eigenvalue weighted by molar-refractivity contribution is -0.137. The summed E-state index contributed by atoms with van der Waals surface area (Å²) >= 11 is 0. The second-order valence-electron chi connectivity index (χ2n) is 7.78. The monoisotopic (exact) mass is 384 g/mol. The largest absolute Gasteiger partial charge is 0.342 e. The third-order valence-electron chi connectivity index (χ3n) is 5.92. The molecule has 0 radical (unpaired) electrons. The lowest BCUT2D eigenvalue weighted by atomic mass is 9.95. The van der Waals surface area contributed by atoms with Gasteiger partial charge in [-0.1, -0.05) is 0 Å². The molecule has 4 rings (SSSR count). The maximum atomic E-state index is 13.1. The van der Waals surface area contributed by atoms with Gasteiger partial charge in [0.15, 0.2) is 0 Å². The number of nitrogens with zero attached hydrogens (tertiary/aromatic N) is 4. The first kappa shape index (κ1) is 18.7. The molecule has 0 spiro atoms. The molecule has 0 N–H and O–H groups in total. The zero-order chi connectivity index (χ0) is 19.7. The number of rotatable bonds is 4. The Hall–Kier alpha value is -2.70. The van der Waals surface area contributed by atoms with Gasteiger partial charge in [0, 0.05) is 50.7 Å². The van der Waals surface area contributed by atoms with Crippen molar-refractivity contribution in [2.75, 3.05) is 24.5 Å². The molecule has 2 amide bonds. The normalized spacial score (nSPS) is 20.8. The summed E-state index contributed by atoms with van der Waals surface area (Å²) in [7, 11) is 0. The first-order valence-electron chi connectivity index (χ1n) is 9.83. The molecule has 3 heterocycles. The van der Waals surface area contributed by atoms with E-state index in [1.807, 2.05) is 24.2 Å². The van der Waals surface area contributed by atoms with Gasteiger partial charge in [0.05, 0.1) is 5.92 Å². The molecule has 2 fully saturated rings. The van der Waals surface area contributed by atoms with Gasteiger partial charge in [0.2, 0.25) is 11.8 Å². The van der Waals surface area contributed by atoms with E-state index in [1.165, 1.54) is 12.1 Å². The van der Waals surface area contributed by atoms with Gasteiger partial charge in [-0.05, 0) is 49.9 Å². The summed E-state index contributed by atoms with van der Waals surface area (Å²) in [6.45, 7) is 4.78. The Morgan fingerprint density at radius 2 is 1.93 bits per heavy atom. The Morgan fingerprint density at radius 3 is 2.57 bits per heavy atom. The van der Waals surface area contributed by atoms with Crippen LogP contribution in [0.15, 0.2) is 36.7 Å². The Bertz CT molecular complexity index is 856. The quantitative estimate of drug-likeness (QED) is 0.814. The molecule has 1 unspecified atom stereocenters. The SMILES string of the molecule is Cc1nccn1CC1CCN(C(=O)C2CC(=O)N(c3ccc(F)cc3)C2)CC1. The predicted molar refractivity (Wildman–Crippen MR) is 103 cm³/mol. The van der Waals surface area contributed by atoms with Crippen molar-refractivity contribution in [3.63, 3.8) is 0 Å². The summed E-state index contributed by atoms with van der Waals surface area (Å²) in [5, 5.41) is 0. The van der Waals surface area contributed by atoms with E-state index in [0.717, 1.165) is 38.3 Å². The first-order chi connectivity index (χ1) is 13.5. The Kier molecular flexibility index (Phi) is 5.15. The number of halogens is 1. The summed E-state index contributed by atoms with van der Waals surface area (Å²) in [6, 6.07) is 5.85. The number of amides is 2. The zero-order valence-electron chi connectivity index (χ0n) is 16.1. The minimum Gasteiger partial charge on any atom is -0.342 e. The molecule has 0 aliphatic carbocycles. The van der Waals surface area contributed by atoms with Crippen molar-refractivity contribution in [3.8, 4) is 0 Å². The molecule has 7 heteroatoms. The standard InChI is InChI=1S/C21H25FN4O2/c1-15-23-8-11-25(15)13-16-6-9-24(10-7-16)21(28)17-12-20(27)26(14-17)19-4-2-18(22)3-5-19/h2-5,8,11,16-17H,6-7,9-10,12-14H2,1H3. The van der Waals surface area contributed by atoms with Crippen molar-refractivity contribution in [3.05, 3.63) is 48.3 Å². The molecule has 6 nitrogen and oxygen atoms in total. The number of piperidine rings is 1. The second-order valence-corrected chi connectivity index (χ2v) is 7.78. The van der Waals surface area contributed by atoms with Crippen LogP contribution in [0.25, 0.3) is 0 Å². The second kappa shape index (κ2) is 7.73. The number of hydrogen-bond donors (Lipinski definition) is 0. The van der Waals surface area contributed by atoms with Gasteiger partial charge in [-0.2, -0.15) is 0 Å². The number of carbonyl (C=O) groups excluding carboxylic acids is 2. The Balaban J connectivity index is 1.32. The highest BCUT2D eigenvalue weighted by Crippen LogP contribution is 2.28. The molecular weight excluding hydrogens is 359 g/mol. The first-order valence-corrected chi connectivity index (χ1v) is 9.83. The zero-order valence-corrected chi connectivity index (χ0v) is 16.1. The third-order valence-corrected chi connectivity index (χ3v) is 5.92. The van der Waals surface area contributed by atoms with E-state index in [2.05, 4.69) is 9.55 Å². The number of aromatic nitrogens is 2. The average Bonchev–Trinajstić information content (AvgIpc) is 3.28. The summed E-state index contributed by atoms with van der Waals surface area (Å²) in [4.78, 5) is 33.1. The molecule has 148 valence electrons. The molecule has 1 aromatic heterocycles. The minimum atomic E-state index is -0.336. The fourth-order valence-electron chi connectivity index (χ4n) is 4.21. The van der Waals surface area contributed by atoms with Crippen LogP contribution < -0.4 is 4.90 Å². The van der Waals surface area contributed by atoms with Crippen LogP contribution in [0.4, 0.5) is 10.1 Å². The van der Waals surface area contributed by atoms with E-state index >= 15 is 0 Å². The van der Waals surface area contributed by atoms with Gasteiger partial charge >= 0.3 is 0 Å². The Morgan fingerprint density at radius 1 is 1.21 bits per heavy atom. The van der Waals surface area contributed by atoms with E-state index in [1.54, 1.807) is 17.0 Å². The fourth-order valence-corrected chi connectivity index (χ4v) is 4.21. The van der Waals surface area contributed by atoms with Gasteiger partial charge in [-0.3, -0.25) is 9.59 Å². The number of carbonyl (C=O) groups is 2. The number of anilines is 1. The van der Waals surface area contributed by atoms with Crippen LogP contribution in [0, 0.1) is 24.6 Å². The molecule has 0 bridgehead atoms. The van der Waals surface area contributed by atoms with Crippen LogP contribution in [0.3, 0.4) is 0 Å². The smallest absolute Gasteiger partial charge is 0.228 e. The van der Waals surface area contributed by atoms with E-state index in [4.69, 9.17) is 0 Å². The van der Waals surface area contributed by atoms with E-state index in [9.17, 15) is 14.0 Å². The van der Waals surface area contributed by atoms with E-state index < -0.39 is 0 Å². The van der Waals surface area contributed by atoms with E-state index in [0.29, 0.717) is 18.2 Å². The minimum absolute atomic E-state index is 0.0650. The van der Waals surface area contributed by atoms with Gasteiger partial charge < -0.3 is 14.4 Å². The van der Waals surface area contributed by atoms with Gasteiger partial charge in [-0.15, -0.1) is 0 Å². The van der Waals surface area contributed by atoms with Gasteiger partial charge in [-0.25, -0.2) is 9.37 Å². The fraction of sp³-hybridized carbons (Fsp3) is 0.476. The summed E-state index contributed by atoms with van der Waals surface area (Å²) < 4.78 is 15.3. The average molecular weight is 384 g/mol. The molecule has 1 aromatic carbocycles. The molecule has 2 saturated heterocycles. The van der Waals surface area contributed by atoms with Gasteiger partial charge in [0.25, 0.3) is 0 Å². The van der Waals surface area contributed by atoms with Crippen molar-refractivity contribution in [2.45, 2.75) is 32.7 Å². The molecule has 28 heavy (non-hydrogen) atoms. The molecular formula is C21H25FN4O2. The topological polar surface area (TPSA) is 58.4 Å². The predicted octanol–water partition coefficient (Wildman–Crippen LogP) is 2.62. The van der Waals surface area contributed by atoms with Crippen LogP contribution in [0.5, 0.6) is 0 Å². The number of likely N-dealkylation sites (tertiary alicyclic amines) is 1. The number of aryl methyl sites for hydroxylation is 1. The summed E-state index contributed by atoms with van der Waals surface area (Å²) in [5.41, 5.74) is 0.649. The third kappa shape index (κ3) is 3.79. The number of imidazole rings is 1. The van der Waals surface area contributed by atoms with Crippen molar-refractivity contribution in [1.29, 1.82) is 0 Å². The van der Waals surface area contributed by atoms with Gasteiger partial charge in [0.1, 0.15) is 11.6 Å². The van der Waals surface area contributed by atoms with E-state index in [-0.39, 0.29) is 30.0 Å². The molecule has 2 aliphatic rings. The maximum Gasteiger partial charge on any atom is 0.228 e. The van der Waals surface area contributed by atoms with Crippen LogP contribution in [0.2, 0.25) is 0 Å². The van der Waals surface area contributed by atoms with Crippen molar-refractivity contribution < 1.29 is 14.0 Å². The van der Waals surface area contributed by atoms with Crippen molar-refractivity contribution >= 4 is 17.5 Å².